The quantitative estimate of drug-likeness (QED) is 0.0439. The Hall–Kier alpha value is -2.81. The summed E-state index contributed by atoms with van der Waals surface area (Å²) in [6, 6.07) is 10.9. The second-order valence-electron chi connectivity index (χ2n) is 13.6. The summed E-state index contributed by atoms with van der Waals surface area (Å²) in [6.07, 6.45) is 37.6. The highest BCUT2D eigenvalue weighted by molar-refractivity contribution is 8.00. The van der Waals surface area contributed by atoms with Crippen molar-refractivity contribution in [3.63, 3.8) is 0 Å². The Balaban J connectivity index is 2.61. The van der Waals surface area contributed by atoms with Crippen LogP contribution in [0.25, 0.3) is 0 Å². The fraction of sp³-hybridized carbons (Fsp3) is 0.489. The Kier molecular flexibility index (Phi) is 26.1. The monoisotopic (exact) mass is 683 g/mol. The van der Waals surface area contributed by atoms with Crippen LogP contribution in [0.5, 0.6) is 0 Å². The van der Waals surface area contributed by atoms with Crippen molar-refractivity contribution in [3.8, 4) is 0 Å². The Labute approximate surface area is 307 Å². The van der Waals surface area contributed by atoms with Crippen LogP contribution in [0.1, 0.15) is 133 Å². The second kappa shape index (κ2) is 29.0. The minimum Gasteiger partial charge on any atom is -0.373 e. The van der Waals surface area contributed by atoms with Gasteiger partial charge in [-0.05, 0) is 151 Å². The Morgan fingerprint density at radius 2 is 1.12 bits per heavy atom. The lowest BCUT2D eigenvalue weighted by Crippen LogP contribution is -2.01. The molecule has 0 radical (unpaired) electrons. The van der Waals surface area contributed by atoms with Gasteiger partial charge in [0, 0.05) is 10.1 Å². The van der Waals surface area contributed by atoms with E-state index < -0.39 is 0 Å². The maximum absolute atomic E-state index is 5.82. The van der Waals surface area contributed by atoms with E-state index in [1.807, 2.05) is 18.7 Å². The van der Waals surface area contributed by atoms with E-state index in [1.54, 1.807) is 0 Å². The number of hydrogen-bond donors (Lipinski definition) is 0. The van der Waals surface area contributed by atoms with Crippen LogP contribution < -0.4 is 0 Å². The summed E-state index contributed by atoms with van der Waals surface area (Å²) in [5.41, 5.74) is 10.1. The molecule has 0 aliphatic heterocycles. The molecule has 2 heteroatoms. The zero-order valence-electron chi connectivity index (χ0n) is 32.8. The Morgan fingerprint density at radius 1 is 0.612 bits per heavy atom. The molecule has 0 spiro atoms. The molecule has 0 fully saturated rings. The smallest absolute Gasteiger partial charge is 0.0717 e. The average Bonchev–Trinajstić information content (AvgIpc) is 3.06. The highest BCUT2D eigenvalue weighted by Crippen LogP contribution is 2.30. The lowest BCUT2D eigenvalue weighted by Gasteiger charge is -2.15. The third kappa shape index (κ3) is 24.9. The third-order valence-corrected chi connectivity index (χ3v) is 9.81. The van der Waals surface area contributed by atoms with Crippen molar-refractivity contribution in [1.29, 1.82) is 0 Å². The second-order valence-corrected chi connectivity index (χ2v) is 14.9. The van der Waals surface area contributed by atoms with E-state index >= 15 is 0 Å². The van der Waals surface area contributed by atoms with Gasteiger partial charge in [-0.2, -0.15) is 0 Å². The molecule has 270 valence electrons. The van der Waals surface area contributed by atoms with E-state index in [9.17, 15) is 0 Å². The van der Waals surface area contributed by atoms with E-state index in [0.717, 1.165) is 64.2 Å². The molecule has 1 rings (SSSR count). The normalized spacial score (nSPS) is 15.2. The van der Waals surface area contributed by atoms with Gasteiger partial charge in [-0.15, -0.1) is 11.8 Å². The van der Waals surface area contributed by atoms with Crippen LogP contribution in [0.2, 0.25) is 0 Å². The maximum Gasteiger partial charge on any atom is 0.0717 e. The minimum absolute atomic E-state index is 0.447. The van der Waals surface area contributed by atoms with Crippen LogP contribution in [-0.2, 0) is 4.74 Å². The molecule has 1 aromatic carbocycles. The lowest BCUT2D eigenvalue weighted by molar-refractivity contribution is 0.188. The molecule has 0 amide bonds. The van der Waals surface area contributed by atoms with E-state index in [-0.39, 0.29) is 0 Å². The van der Waals surface area contributed by atoms with Crippen molar-refractivity contribution in [2.45, 2.75) is 143 Å². The topological polar surface area (TPSA) is 9.23 Å². The van der Waals surface area contributed by atoms with Crippen LogP contribution in [0, 0.1) is 0 Å². The average molecular weight is 683 g/mol. The molecule has 49 heavy (non-hydrogen) atoms. The summed E-state index contributed by atoms with van der Waals surface area (Å²) in [4.78, 5) is 1.35. The van der Waals surface area contributed by atoms with Crippen molar-refractivity contribution >= 4 is 11.8 Å². The first-order valence-electron chi connectivity index (χ1n) is 18.8. The maximum atomic E-state index is 5.82. The molecule has 1 atom stereocenters. The number of hydrogen-bond acceptors (Lipinski definition) is 2. The molecular formula is C47H70OS. The SMILES string of the molecule is C/C=C\CC/C(C)=C/CC/C(C)=C/CC/C(C)=C/C(C/C(C)=C/CC/C(C)=C/CC/C(C)=C/COCC(/C=C\C)=C/C)Sc1ccccc1. The summed E-state index contributed by atoms with van der Waals surface area (Å²) < 4.78 is 5.82. The summed E-state index contributed by atoms with van der Waals surface area (Å²) >= 11 is 2.00. The minimum atomic E-state index is 0.447. The van der Waals surface area contributed by atoms with Gasteiger partial charge in [-0.25, -0.2) is 0 Å². The molecule has 0 saturated carbocycles. The highest BCUT2D eigenvalue weighted by Gasteiger charge is 2.10. The van der Waals surface area contributed by atoms with Gasteiger partial charge in [0.1, 0.15) is 0 Å². The van der Waals surface area contributed by atoms with E-state index in [2.05, 4.69) is 153 Å². The van der Waals surface area contributed by atoms with Gasteiger partial charge < -0.3 is 4.74 Å². The first-order chi connectivity index (χ1) is 23.7. The van der Waals surface area contributed by atoms with Crippen LogP contribution in [0.15, 0.2) is 141 Å². The van der Waals surface area contributed by atoms with Crippen molar-refractivity contribution in [1.82, 2.24) is 0 Å². The number of rotatable bonds is 25. The molecular weight excluding hydrogens is 613 g/mol. The van der Waals surface area contributed by atoms with Gasteiger partial charge in [0.25, 0.3) is 0 Å². The van der Waals surface area contributed by atoms with Gasteiger partial charge in [0.05, 0.1) is 13.2 Å². The molecule has 0 saturated heterocycles. The molecule has 0 bridgehead atoms. The summed E-state index contributed by atoms with van der Waals surface area (Å²) in [5, 5.41) is 0.447. The van der Waals surface area contributed by atoms with Crippen molar-refractivity contribution in [2.24, 2.45) is 0 Å². The molecule has 1 aromatic rings. The molecule has 0 aromatic heterocycles. The van der Waals surface area contributed by atoms with Gasteiger partial charge in [-0.1, -0.05) is 118 Å². The predicted molar refractivity (Wildman–Crippen MR) is 224 cm³/mol. The first kappa shape index (κ1) is 44.2. The summed E-state index contributed by atoms with van der Waals surface area (Å²) in [5.74, 6) is 0. The van der Waals surface area contributed by atoms with Gasteiger partial charge in [0.2, 0.25) is 0 Å². The van der Waals surface area contributed by atoms with Crippen molar-refractivity contribution in [3.05, 3.63) is 136 Å². The zero-order chi connectivity index (χ0) is 36.1. The largest absolute Gasteiger partial charge is 0.373 e. The molecule has 1 unspecified atom stereocenters. The molecule has 0 heterocycles. The van der Waals surface area contributed by atoms with Crippen LogP contribution in [0.4, 0.5) is 0 Å². The molecule has 0 N–H and O–H groups in total. The number of allylic oxidation sites excluding steroid dienone is 14. The molecule has 0 aliphatic rings. The first-order valence-corrected chi connectivity index (χ1v) is 19.7. The molecule has 1 nitrogen and oxygen atoms in total. The number of thioether (sulfide) groups is 1. The lowest BCUT2D eigenvalue weighted by atomic mass is 10.0. The van der Waals surface area contributed by atoms with Crippen LogP contribution >= 0.6 is 11.8 Å². The van der Waals surface area contributed by atoms with E-state index in [1.165, 1.54) is 50.3 Å². The number of benzene rings is 1. The number of ether oxygens (including phenoxy) is 1. The van der Waals surface area contributed by atoms with Gasteiger partial charge >= 0.3 is 0 Å². The van der Waals surface area contributed by atoms with E-state index in [4.69, 9.17) is 4.74 Å². The Bertz CT molecular complexity index is 1310. The standard InChI is InChI=1S/C47H70OS/c1-10-13-15-23-39(4)24-18-25-40(5)27-20-30-43(8)36-47(49-46-32-16-14-17-33-46)37-44(9)31-21-28-41(6)26-19-29-42(7)34-35-48-38-45(12-3)22-11-2/h10-14,16-17,22,24,26-27,31-34,36,47H,15,18-21,23,25,28-30,35,37-38H2,1-9H3/b13-10-,22-11-,39-24+,40-27+,41-26+,42-34+,43-36+,44-31+,45-12+. The zero-order valence-corrected chi connectivity index (χ0v) is 33.6. The fourth-order valence-electron chi connectivity index (χ4n) is 5.50. The van der Waals surface area contributed by atoms with Crippen molar-refractivity contribution < 1.29 is 4.74 Å². The van der Waals surface area contributed by atoms with E-state index in [0.29, 0.717) is 18.5 Å². The fourth-order valence-corrected chi connectivity index (χ4v) is 6.81. The Morgan fingerprint density at radius 3 is 1.65 bits per heavy atom. The summed E-state index contributed by atoms with van der Waals surface area (Å²) in [6.45, 7) is 21.2. The highest BCUT2D eigenvalue weighted by atomic mass is 32.2. The van der Waals surface area contributed by atoms with Crippen molar-refractivity contribution in [2.75, 3.05) is 13.2 Å². The summed E-state index contributed by atoms with van der Waals surface area (Å²) in [7, 11) is 0. The van der Waals surface area contributed by atoms with Gasteiger partial charge in [-0.3, -0.25) is 0 Å². The van der Waals surface area contributed by atoms with Gasteiger partial charge in [0.15, 0.2) is 0 Å². The predicted octanol–water partition coefficient (Wildman–Crippen LogP) is 15.2. The molecule has 0 aliphatic carbocycles. The third-order valence-electron chi connectivity index (χ3n) is 8.66. The van der Waals surface area contributed by atoms with Crippen LogP contribution in [-0.4, -0.2) is 18.5 Å². The van der Waals surface area contributed by atoms with Crippen LogP contribution in [0.3, 0.4) is 0 Å².